The number of Topliss-reactive ketones (excluding diaryl/α,β-unsaturated/α-hetero) is 1. The van der Waals surface area contributed by atoms with Crippen molar-refractivity contribution in [1.29, 1.82) is 0 Å². The van der Waals surface area contributed by atoms with Crippen LogP contribution in [0, 0.1) is 19.7 Å². The maximum Gasteiger partial charge on any atom is 0.226 e. The van der Waals surface area contributed by atoms with Crippen LogP contribution in [0.15, 0.2) is 54.6 Å². The zero-order valence-electron chi connectivity index (χ0n) is 16.3. The summed E-state index contributed by atoms with van der Waals surface area (Å²) in [5.74, 6) is -0.0215. The van der Waals surface area contributed by atoms with E-state index in [1.165, 1.54) is 6.07 Å². The van der Waals surface area contributed by atoms with Gasteiger partial charge in [0.05, 0.1) is 5.69 Å². The summed E-state index contributed by atoms with van der Waals surface area (Å²) in [7, 11) is 0. The zero-order chi connectivity index (χ0) is 20.5. The molecule has 146 valence electrons. The summed E-state index contributed by atoms with van der Waals surface area (Å²) in [6.07, 6.45) is 0.344. The molecule has 2 heterocycles. The molecule has 5 nitrogen and oxygen atoms in total. The summed E-state index contributed by atoms with van der Waals surface area (Å²) >= 11 is 0. The molecule has 0 saturated heterocycles. The van der Waals surface area contributed by atoms with Crippen molar-refractivity contribution in [3.8, 4) is 11.3 Å². The van der Waals surface area contributed by atoms with Crippen LogP contribution in [0.1, 0.15) is 22.3 Å². The summed E-state index contributed by atoms with van der Waals surface area (Å²) in [4.78, 5) is 12.5. The first-order chi connectivity index (χ1) is 13.9. The number of benzene rings is 2. The van der Waals surface area contributed by atoms with Gasteiger partial charge in [0.15, 0.2) is 5.65 Å². The van der Waals surface area contributed by atoms with E-state index in [0.717, 1.165) is 27.9 Å². The molecule has 0 aliphatic carbocycles. The minimum atomic E-state index is -0.323. The third-order valence-electron chi connectivity index (χ3n) is 5.15. The fourth-order valence-electron chi connectivity index (χ4n) is 3.46. The van der Waals surface area contributed by atoms with E-state index in [2.05, 4.69) is 10.2 Å². The molecule has 6 heteroatoms. The highest BCUT2D eigenvalue weighted by atomic mass is 19.1. The Morgan fingerprint density at radius 2 is 1.72 bits per heavy atom. The number of aryl methyl sites for hydroxylation is 2. The van der Waals surface area contributed by atoms with Crippen LogP contribution in [0.4, 0.5) is 10.3 Å². The predicted molar refractivity (Wildman–Crippen MR) is 111 cm³/mol. The lowest BCUT2D eigenvalue weighted by Gasteiger charge is -2.09. The molecule has 4 aromatic rings. The molecule has 0 fully saturated rings. The summed E-state index contributed by atoms with van der Waals surface area (Å²) in [5, 5.41) is 7.95. The Morgan fingerprint density at radius 3 is 2.48 bits per heavy atom. The van der Waals surface area contributed by atoms with E-state index < -0.39 is 0 Å². The van der Waals surface area contributed by atoms with Crippen molar-refractivity contribution >= 4 is 17.4 Å². The SMILES string of the molecule is Cc1cc(F)c(CC(=O)Cc2ccc(-c3cccc4nnc(N)n34)cc2)cc1C. The second kappa shape index (κ2) is 7.47. The van der Waals surface area contributed by atoms with Gasteiger partial charge in [-0.25, -0.2) is 4.39 Å². The number of hydrogen-bond acceptors (Lipinski definition) is 4. The number of rotatable bonds is 5. The Morgan fingerprint density at radius 1 is 1.00 bits per heavy atom. The van der Waals surface area contributed by atoms with Crippen molar-refractivity contribution < 1.29 is 9.18 Å². The molecule has 0 unspecified atom stereocenters. The van der Waals surface area contributed by atoms with E-state index in [0.29, 0.717) is 17.2 Å². The van der Waals surface area contributed by atoms with Crippen LogP contribution in [0.25, 0.3) is 16.9 Å². The topological polar surface area (TPSA) is 73.3 Å². The zero-order valence-corrected chi connectivity index (χ0v) is 16.3. The monoisotopic (exact) mass is 388 g/mol. The molecule has 0 radical (unpaired) electrons. The van der Waals surface area contributed by atoms with Gasteiger partial charge in [0.2, 0.25) is 5.95 Å². The van der Waals surface area contributed by atoms with Crippen molar-refractivity contribution in [2.24, 2.45) is 0 Å². The van der Waals surface area contributed by atoms with Gasteiger partial charge < -0.3 is 5.73 Å². The predicted octanol–water partition coefficient (Wildman–Crippen LogP) is 4.09. The van der Waals surface area contributed by atoms with Crippen LogP contribution in [0.5, 0.6) is 0 Å². The minimum Gasteiger partial charge on any atom is -0.368 e. The maximum absolute atomic E-state index is 14.1. The third kappa shape index (κ3) is 3.74. The number of anilines is 1. The molecule has 29 heavy (non-hydrogen) atoms. The van der Waals surface area contributed by atoms with E-state index in [9.17, 15) is 9.18 Å². The molecular formula is C23H21FN4O. The molecule has 0 saturated carbocycles. The van der Waals surface area contributed by atoms with Crippen molar-refractivity contribution in [1.82, 2.24) is 14.6 Å². The molecular weight excluding hydrogens is 367 g/mol. The number of ketones is 1. The summed E-state index contributed by atoms with van der Waals surface area (Å²) in [6.45, 7) is 3.78. The molecule has 0 atom stereocenters. The molecule has 0 aliphatic rings. The molecule has 0 bridgehead atoms. The van der Waals surface area contributed by atoms with Gasteiger partial charge in [0.25, 0.3) is 0 Å². The molecule has 2 aromatic carbocycles. The van der Waals surface area contributed by atoms with E-state index >= 15 is 0 Å². The fraction of sp³-hybridized carbons (Fsp3) is 0.174. The average molecular weight is 388 g/mol. The fourth-order valence-corrected chi connectivity index (χ4v) is 3.46. The highest BCUT2D eigenvalue weighted by Crippen LogP contribution is 2.23. The van der Waals surface area contributed by atoms with Crippen LogP contribution in [0.3, 0.4) is 0 Å². The van der Waals surface area contributed by atoms with Gasteiger partial charge in [-0.05, 0) is 59.9 Å². The van der Waals surface area contributed by atoms with Crippen LogP contribution in [0.2, 0.25) is 0 Å². The van der Waals surface area contributed by atoms with Crippen molar-refractivity contribution in [3.05, 3.63) is 82.7 Å². The highest BCUT2D eigenvalue weighted by molar-refractivity contribution is 5.83. The first-order valence-electron chi connectivity index (χ1n) is 9.38. The molecule has 2 aromatic heterocycles. The summed E-state index contributed by atoms with van der Waals surface area (Å²) < 4.78 is 15.9. The Balaban J connectivity index is 1.52. The molecule has 0 amide bonds. The lowest BCUT2D eigenvalue weighted by atomic mass is 9.98. The van der Waals surface area contributed by atoms with Crippen LogP contribution >= 0.6 is 0 Å². The molecule has 0 spiro atoms. The van der Waals surface area contributed by atoms with Gasteiger partial charge in [0.1, 0.15) is 11.6 Å². The normalized spacial score (nSPS) is 11.1. The summed E-state index contributed by atoms with van der Waals surface area (Å²) in [6, 6.07) is 16.6. The van der Waals surface area contributed by atoms with Crippen LogP contribution in [-0.4, -0.2) is 20.4 Å². The van der Waals surface area contributed by atoms with Crippen LogP contribution in [-0.2, 0) is 17.6 Å². The Hall–Kier alpha value is -3.54. The largest absolute Gasteiger partial charge is 0.368 e. The van der Waals surface area contributed by atoms with Crippen LogP contribution < -0.4 is 5.73 Å². The van der Waals surface area contributed by atoms with Crippen molar-refractivity contribution in [2.45, 2.75) is 26.7 Å². The van der Waals surface area contributed by atoms with E-state index in [-0.39, 0.29) is 24.4 Å². The lowest BCUT2D eigenvalue weighted by molar-refractivity contribution is -0.117. The standard InChI is InChI=1S/C23H21FN4O/c1-14-10-18(20(24)11-15(14)2)13-19(29)12-16-6-8-17(9-7-16)21-4-3-5-22-26-27-23(25)28(21)22/h3-11H,12-13H2,1-2H3,(H2,25,27). The first-order valence-corrected chi connectivity index (χ1v) is 9.38. The van der Waals surface area contributed by atoms with Gasteiger partial charge >= 0.3 is 0 Å². The first kappa shape index (κ1) is 18.8. The number of carbonyl (C=O) groups excluding carboxylic acids is 1. The third-order valence-corrected chi connectivity index (χ3v) is 5.15. The van der Waals surface area contributed by atoms with E-state index in [4.69, 9.17) is 5.73 Å². The Kier molecular flexibility index (Phi) is 4.84. The maximum atomic E-state index is 14.1. The Bertz CT molecular complexity index is 1210. The van der Waals surface area contributed by atoms with Crippen molar-refractivity contribution in [2.75, 3.05) is 5.73 Å². The minimum absolute atomic E-state index is 0.0231. The number of fused-ring (bicyclic) bond motifs is 1. The van der Waals surface area contributed by atoms with Gasteiger partial charge in [-0.3, -0.25) is 9.20 Å². The number of pyridine rings is 1. The molecule has 0 aliphatic heterocycles. The number of carbonyl (C=O) groups is 1. The number of hydrogen-bond donors (Lipinski definition) is 1. The van der Waals surface area contributed by atoms with Gasteiger partial charge in [0, 0.05) is 12.8 Å². The second-order valence-electron chi connectivity index (χ2n) is 7.28. The average Bonchev–Trinajstić information content (AvgIpc) is 3.08. The lowest BCUT2D eigenvalue weighted by Crippen LogP contribution is -2.08. The number of nitrogens with two attached hydrogens (primary N) is 1. The van der Waals surface area contributed by atoms with E-state index in [1.54, 1.807) is 10.5 Å². The van der Waals surface area contributed by atoms with Crippen molar-refractivity contribution in [3.63, 3.8) is 0 Å². The number of halogens is 1. The number of nitrogen functional groups attached to an aromatic ring is 1. The second-order valence-corrected chi connectivity index (χ2v) is 7.28. The number of nitrogens with zero attached hydrogens (tertiary/aromatic N) is 3. The smallest absolute Gasteiger partial charge is 0.226 e. The Labute approximate surface area is 168 Å². The molecule has 2 N–H and O–H groups in total. The molecule has 4 rings (SSSR count). The van der Waals surface area contributed by atoms with Gasteiger partial charge in [-0.15, -0.1) is 10.2 Å². The van der Waals surface area contributed by atoms with E-state index in [1.807, 2.05) is 56.3 Å². The quantitative estimate of drug-likeness (QED) is 0.559. The van der Waals surface area contributed by atoms with Gasteiger partial charge in [-0.1, -0.05) is 36.4 Å². The number of aromatic nitrogens is 3. The summed E-state index contributed by atoms with van der Waals surface area (Å²) in [5.41, 5.74) is 11.6. The van der Waals surface area contributed by atoms with Gasteiger partial charge in [-0.2, -0.15) is 0 Å². The highest BCUT2D eigenvalue weighted by Gasteiger charge is 2.12.